The largest absolute Gasteiger partial charge is 0.480 e. The van der Waals surface area contributed by atoms with Crippen molar-refractivity contribution in [3.63, 3.8) is 0 Å². The molecule has 1 saturated carbocycles. The third-order valence-electron chi connectivity index (χ3n) is 6.49. The van der Waals surface area contributed by atoms with Crippen LogP contribution in [0.4, 0.5) is 4.39 Å². The lowest BCUT2D eigenvalue weighted by Gasteiger charge is -2.27. The molecule has 1 aromatic carbocycles. The Morgan fingerprint density at radius 3 is 2.49 bits per heavy atom. The second-order valence-corrected chi connectivity index (χ2v) is 9.97. The molecule has 0 saturated heterocycles. The van der Waals surface area contributed by atoms with Crippen molar-refractivity contribution in [1.29, 1.82) is 0 Å². The molecule has 1 amide bonds. The van der Waals surface area contributed by atoms with Gasteiger partial charge in [0.25, 0.3) is 0 Å². The topological polar surface area (TPSA) is 141 Å². The molecule has 188 valence electrons. The number of thioether (sulfide) groups is 1. The van der Waals surface area contributed by atoms with Crippen molar-refractivity contribution in [3.05, 3.63) is 63.2 Å². The molecule has 1 aromatic heterocycles. The van der Waals surface area contributed by atoms with E-state index in [-0.39, 0.29) is 18.3 Å². The van der Waals surface area contributed by atoms with Gasteiger partial charge in [-0.05, 0) is 55.9 Å². The van der Waals surface area contributed by atoms with E-state index in [0.717, 1.165) is 46.8 Å². The van der Waals surface area contributed by atoms with Gasteiger partial charge in [-0.15, -0.1) is 11.8 Å². The molecule has 4 N–H and O–H groups in total. The van der Waals surface area contributed by atoms with Crippen molar-refractivity contribution in [3.8, 4) is 0 Å². The molecular formula is C23H28FN5O5S. The third kappa shape index (κ3) is 5.43. The number of carbonyl (C=O) groups is 2. The average molecular weight is 506 g/mol. The summed E-state index contributed by atoms with van der Waals surface area (Å²) in [5.41, 5.74) is 4.27. The second kappa shape index (κ2) is 10.6. The third-order valence-corrected chi connectivity index (χ3v) is 7.58. The maximum atomic E-state index is 13.2. The minimum atomic E-state index is -1.47. The first-order valence-electron chi connectivity index (χ1n) is 11.5. The number of carbonyl (C=O) groups excluding carboxylic acids is 1. The Morgan fingerprint density at radius 2 is 1.83 bits per heavy atom. The maximum absolute atomic E-state index is 13.2. The molecule has 2 heterocycles. The highest BCUT2D eigenvalue weighted by Crippen LogP contribution is 2.24. The van der Waals surface area contributed by atoms with Gasteiger partial charge in [-0.2, -0.15) is 0 Å². The van der Waals surface area contributed by atoms with Gasteiger partial charge in [0.1, 0.15) is 11.9 Å². The number of fused-ring (bicyclic) bond motifs is 1. The Bertz CT molecular complexity index is 1230. The monoisotopic (exact) mass is 505 g/mol. The van der Waals surface area contributed by atoms with Crippen LogP contribution in [-0.2, 0) is 16.1 Å². The number of carboxylic acids is 1. The van der Waals surface area contributed by atoms with Crippen LogP contribution >= 0.6 is 11.8 Å². The fourth-order valence-corrected chi connectivity index (χ4v) is 5.46. The number of allylic oxidation sites excluding steroid dienone is 1. The number of carboxylic acid groups (broad SMARTS) is 1. The van der Waals surface area contributed by atoms with Crippen LogP contribution in [0.2, 0.25) is 0 Å². The molecule has 0 spiro atoms. The van der Waals surface area contributed by atoms with Crippen LogP contribution in [0.15, 0.2) is 50.9 Å². The summed E-state index contributed by atoms with van der Waals surface area (Å²) < 4.78 is 15.9. The number of rotatable bonds is 8. The Morgan fingerprint density at radius 1 is 1.14 bits per heavy atom. The van der Waals surface area contributed by atoms with Crippen molar-refractivity contribution in [1.82, 2.24) is 19.2 Å². The minimum absolute atomic E-state index is 0.0445. The smallest absolute Gasteiger partial charge is 0.349 e. The molecule has 12 heteroatoms. The number of aromatic nitrogens is 3. The van der Waals surface area contributed by atoms with Crippen LogP contribution < -0.4 is 22.4 Å². The Kier molecular flexibility index (Phi) is 7.60. The van der Waals surface area contributed by atoms with E-state index in [1.54, 1.807) is 12.2 Å². The summed E-state index contributed by atoms with van der Waals surface area (Å²) >= 11 is 1.09. The zero-order valence-corrected chi connectivity index (χ0v) is 19.8. The average Bonchev–Trinajstić information content (AvgIpc) is 3.10. The van der Waals surface area contributed by atoms with Crippen LogP contribution in [0, 0.1) is 11.7 Å². The normalized spacial score (nSPS) is 22.4. The Labute approximate surface area is 204 Å². The minimum Gasteiger partial charge on any atom is -0.480 e. The van der Waals surface area contributed by atoms with Gasteiger partial charge in [0.2, 0.25) is 5.91 Å². The number of nitrogens with zero attached hydrogens (tertiary/aromatic N) is 3. The van der Waals surface area contributed by atoms with Gasteiger partial charge in [-0.3, -0.25) is 4.79 Å². The fourth-order valence-electron chi connectivity index (χ4n) is 4.49. The summed E-state index contributed by atoms with van der Waals surface area (Å²) in [4.78, 5) is 51.9. The van der Waals surface area contributed by atoms with Crippen molar-refractivity contribution < 1.29 is 19.1 Å². The molecule has 10 nitrogen and oxygen atoms in total. The van der Waals surface area contributed by atoms with Crippen molar-refractivity contribution in [2.24, 2.45) is 11.7 Å². The Hall–Kier alpha value is -3.12. The molecule has 2 atom stereocenters. The first kappa shape index (κ1) is 25.0. The number of nitrogens with two attached hydrogens (primary N) is 1. The molecular weight excluding hydrogens is 477 g/mol. The van der Waals surface area contributed by atoms with Gasteiger partial charge in [-0.25, -0.2) is 32.7 Å². The van der Waals surface area contributed by atoms with E-state index >= 15 is 0 Å². The zero-order valence-electron chi connectivity index (χ0n) is 19.0. The van der Waals surface area contributed by atoms with E-state index in [2.05, 4.69) is 5.32 Å². The molecule has 2 aliphatic rings. The second-order valence-electron chi connectivity index (χ2n) is 8.88. The van der Waals surface area contributed by atoms with E-state index < -0.39 is 41.2 Å². The van der Waals surface area contributed by atoms with Gasteiger partial charge < -0.3 is 16.2 Å². The molecule has 4 rings (SSSR count). The number of benzene rings is 1. The first-order valence-corrected chi connectivity index (χ1v) is 12.5. The summed E-state index contributed by atoms with van der Waals surface area (Å²) in [5, 5.41) is 12.7. The number of aliphatic carboxylic acids is 1. The highest BCUT2D eigenvalue weighted by molar-refractivity contribution is 7.99. The van der Waals surface area contributed by atoms with E-state index in [9.17, 15) is 28.7 Å². The van der Waals surface area contributed by atoms with Crippen molar-refractivity contribution >= 4 is 23.6 Å². The van der Waals surface area contributed by atoms with Gasteiger partial charge in [0.15, 0.2) is 6.04 Å². The first-order chi connectivity index (χ1) is 16.8. The van der Waals surface area contributed by atoms with E-state index in [4.69, 9.17) is 5.73 Å². The SMILES string of the molecule is NC1CCC(CNC(=O)C2C=CCn3c(=O)n(C(CSc4ccc(F)cc4)C(=O)O)c(=O)n32)CC1. The van der Waals surface area contributed by atoms with Crippen LogP contribution in [0.25, 0.3) is 0 Å². The molecule has 1 aliphatic heterocycles. The van der Waals surface area contributed by atoms with Gasteiger partial charge >= 0.3 is 17.3 Å². The van der Waals surface area contributed by atoms with E-state index in [1.807, 2.05) is 0 Å². The lowest BCUT2D eigenvalue weighted by atomic mass is 9.86. The number of amides is 1. The number of hydrogen-bond acceptors (Lipinski definition) is 6. The number of nitrogens with one attached hydrogen (secondary N) is 1. The summed E-state index contributed by atoms with van der Waals surface area (Å²) in [5.74, 6) is -2.05. The molecule has 2 unspecified atom stereocenters. The number of halogens is 1. The highest BCUT2D eigenvalue weighted by atomic mass is 32.2. The van der Waals surface area contributed by atoms with Gasteiger partial charge in [0.05, 0.1) is 6.54 Å². The maximum Gasteiger partial charge on any atom is 0.349 e. The predicted octanol–water partition coefficient (Wildman–Crippen LogP) is 1.11. The fraction of sp³-hybridized carbons (Fsp3) is 0.478. The molecule has 1 aliphatic carbocycles. The predicted molar refractivity (Wildman–Crippen MR) is 128 cm³/mol. The standard InChI is InChI=1S/C23H28FN5O5S/c24-15-5-9-17(10-6-15)35-13-19(21(31)32)28-22(33)27-11-1-2-18(29(27)23(28)34)20(30)26-12-14-3-7-16(25)8-4-14/h1-2,5-6,9-10,14,16,18-19H,3-4,7-8,11-13,25H2,(H,26,30)(H,31,32). The van der Waals surface area contributed by atoms with E-state index in [0.29, 0.717) is 21.9 Å². The van der Waals surface area contributed by atoms with Crippen LogP contribution in [0.3, 0.4) is 0 Å². The quantitative estimate of drug-likeness (QED) is 0.360. The van der Waals surface area contributed by atoms with Crippen molar-refractivity contribution in [2.75, 3.05) is 12.3 Å². The molecule has 1 fully saturated rings. The van der Waals surface area contributed by atoms with Gasteiger partial charge in [-0.1, -0.05) is 12.2 Å². The molecule has 0 bridgehead atoms. The van der Waals surface area contributed by atoms with E-state index in [1.165, 1.54) is 24.3 Å². The summed E-state index contributed by atoms with van der Waals surface area (Å²) in [6.07, 6.45) is 6.78. The lowest BCUT2D eigenvalue weighted by Crippen LogP contribution is -2.43. The zero-order chi connectivity index (χ0) is 25.1. The summed E-state index contributed by atoms with van der Waals surface area (Å²) in [6, 6.07) is 3.13. The van der Waals surface area contributed by atoms with Crippen LogP contribution in [0.5, 0.6) is 0 Å². The lowest BCUT2D eigenvalue weighted by molar-refractivity contribution is -0.140. The summed E-state index contributed by atoms with van der Waals surface area (Å²) in [6.45, 7) is 0.491. The Balaban J connectivity index is 1.54. The van der Waals surface area contributed by atoms with Gasteiger partial charge in [0, 0.05) is 23.2 Å². The highest BCUT2D eigenvalue weighted by Gasteiger charge is 2.33. The van der Waals surface area contributed by atoms with Crippen molar-refractivity contribution in [2.45, 2.75) is 55.2 Å². The van der Waals surface area contributed by atoms with Crippen LogP contribution in [0.1, 0.15) is 37.8 Å². The molecule has 2 aromatic rings. The number of hydrogen-bond donors (Lipinski definition) is 3. The molecule has 0 radical (unpaired) electrons. The summed E-state index contributed by atoms with van der Waals surface area (Å²) in [7, 11) is 0. The van der Waals surface area contributed by atoms with Crippen LogP contribution in [-0.4, -0.2) is 49.3 Å². The molecule has 35 heavy (non-hydrogen) atoms.